The van der Waals surface area contributed by atoms with Crippen molar-refractivity contribution in [2.24, 2.45) is 5.92 Å². The van der Waals surface area contributed by atoms with Gasteiger partial charge in [-0.25, -0.2) is 0 Å². The maximum atomic E-state index is 11.9. The SMILES string of the molecule is C=CCCC1CCC(=O)C1[Se]c1ccccc1. The summed E-state index contributed by atoms with van der Waals surface area (Å²) in [5.74, 6) is 1.09. The second-order valence-electron chi connectivity index (χ2n) is 4.48. The van der Waals surface area contributed by atoms with Gasteiger partial charge in [-0.3, -0.25) is 0 Å². The first-order valence-electron chi connectivity index (χ1n) is 6.16. The van der Waals surface area contributed by atoms with Crippen LogP contribution in [-0.2, 0) is 4.79 Å². The van der Waals surface area contributed by atoms with E-state index in [-0.39, 0.29) is 0 Å². The molecule has 2 atom stereocenters. The molecule has 1 saturated carbocycles. The molecule has 1 aromatic carbocycles. The Morgan fingerprint density at radius 2 is 2.12 bits per heavy atom. The minimum absolute atomic E-state index is 0.306. The first kappa shape index (κ1) is 12.6. The van der Waals surface area contributed by atoms with Gasteiger partial charge in [-0.15, -0.1) is 0 Å². The predicted octanol–water partition coefficient (Wildman–Crippen LogP) is 2.75. The van der Waals surface area contributed by atoms with E-state index in [0.29, 0.717) is 31.5 Å². The molecular weight excluding hydrogens is 275 g/mol. The van der Waals surface area contributed by atoms with E-state index < -0.39 is 0 Å². The normalized spacial score (nSPS) is 23.9. The van der Waals surface area contributed by atoms with Crippen LogP contribution in [0.2, 0.25) is 4.82 Å². The van der Waals surface area contributed by atoms with Crippen molar-refractivity contribution in [1.82, 2.24) is 0 Å². The zero-order valence-electron chi connectivity index (χ0n) is 9.97. The summed E-state index contributed by atoms with van der Waals surface area (Å²) in [4.78, 5) is 12.3. The summed E-state index contributed by atoms with van der Waals surface area (Å²) >= 11 is 0.306. The summed E-state index contributed by atoms with van der Waals surface area (Å²) in [6.07, 6.45) is 6.02. The van der Waals surface area contributed by atoms with Gasteiger partial charge < -0.3 is 0 Å². The van der Waals surface area contributed by atoms with E-state index in [1.165, 1.54) is 4.46 Å². The van der Waals surface area contributed by atoms with Crippen LogP contribution < -0.4 is 4.46 Å². The number of Topliss-reactive ketones (excluding diaryl/α,β-unsaturated/α-hetero) is 1. The third kappa shape index (κ3) is 3.31. The van der Waals surface area contributed by atoms with E-state index in [4.69, 9.17) is 0 Å². The number of allylic oxidation sites excluding steroid dienone is 1. The van der Waals surface area contributed by atoms with Gasteiger partial charge in [-0.05, 0) is 0 Å². The van der Waals surface area contributed by atoms with Gasteiger partial charge in [0.25, 0.3) is 0 Å². The average Bonchev–Trinajstić information content (AvgIpc) is 2.70. The van der Waals surface area contributed by atoms with Crippen LogP contribution in [0, 0.1) is 5.92 Å². The quantitative estimate of drug-likeness (QED) is 0.602. The second-order valence-corrected chi connectivity index (χ2v) is 7.03. The summed E-state index contributed by atoms with van der Waals surface area (Å²) in [5.41, 5.74) is 0. The molecule has 0 aliphatic heterocycles. The second kappa shape index (κ2) is 6.18. The molecule has 0 N–H and O–H groups in total. The summed E-state index contributed by atoms with van der Waals surface area (Å²) < 4.78 is 1.35. The molecule has 1 aliphatic carbocycles. The van der Waals surface area contributed by atoms with Crippen molar-refractivity contribution >= 4 is 25.2 Å². The zero-order valence-corrected chi connectivity index (χ0v) is 11.7. The van der Waals surface area contributed by atoms with Crippen molar-refractivity contribution in [1.29, 1.82) is 0 Å². The molecule has 17 heavy (non-hydrogen) atoms. The fourth-order valence-corrected chi connectivity index (χ4v) is 5.09. The molecule has 0 heterocycles. The number of rotatable bonds is 5. The van der Waals surface area contributed by atoms with Gasteiger partial charge >= 0.3 is 109 Å². The summed E-state index contributed by atoms with van der Waals surface area (Å²) in [5, 5.41) is 0. The molecule has 0 bridgehead atoms. The topological polar surface area (TPSA) is 17.1 Å². The molecule has 90 valence electrons. The van der Waals surface area contributed by atoms with E-state index >= 15 is 0 Å². The molecule has 0 amide bonds. The molecule has 0 spiro atoms. The molecule has 2 heteroatoms. The van der Waals surface area contributed by atoms with Gasteiger partial charge in [0.1, 0.15) is 0 Å². The third-order valence-corrected chi connectivity index (χ3v) is 6.29. The van der Waals surface area contributed by atoms with E-state index in [2.05, 4.69) is 30.8 Å². The minimum atomic E-state index is 0.306. The molecule has 0 saturated heterocycles. The molecule has 1 aromatic rings. The van der Waals surface area contributed by atoms with Crippen LogP contribution in [0.5, 0.6) is 0 Å². The van der Waals surface area contributed by atoms with Crippen LogP contribution in [0.15, 0.2) is 43.0 Å². The van der Waals surface area contributed by atoms with Gasteiger partial charge in [0.05, 0.1) is 0 Å². The molecule has 2 unspecified atom stereocenters. The zero-order chi connectivity index (χ0) is 12.1. The molecule has 2 rings (SSSR count). The molecule has 1 nitrogen and oxygen atoms in total. The van der Waals surface area contributed by atoms with Crippen molar-refractivity contribution in [2.75, 3.05) is 0 Å². The Labute approximate surface area is 109 Å². The van der Waals surface area contributed by atoms with Crippen molar-refractivity contribution < 1.29 is 4.79 Å². The first-order chi connectivity index (χ1) is 8.31. The molecule has 0 radical (unpaired) electrons. The summed E-state index contributed by atoms with van der Waals surface area (Å²) in [6, 6.07) is 10.5. The number of benzene rings is 1. The van der Waals surface area contributed by atoms with Crippen molar-refractivity contribution in [3.05, 3.63) is 43.0 Å². The number of carbonyl (C=O) groups is 1. The summed E-state index contributed by atoms with van der Waals surface area (Å²) in [6.45, 7) is 3.77. The third-order valence-electron chi connectivity index (χ3n) is 3.25. The Hall–Kier alpha value is -0.851. The Morgan fingerprint density at radius 3 is 2.82 bits per heavy atom. The van der Waals surface area contributed by atoms with E-state index in [9.17, 15) is 4.79 Å². The predicted molar refractivity (Wildman–Crippen MR) is 72.7 cm³/mol. The van der Waals surface area contributed by atoms with Crippen LogP contribution >= 0.6 is 0 Å². The van der Waals surface area contributed by atoms with Gasteiger partial charge in [-0.1, -0.05) is 0 Å². The maximum absolute atomic E-state index is 11.9. The Bertz CT molecular complexity index is 385. The van der Waals surface area contributed by atoms with Crippen LogP contribution in [0.4, 0.5) is 0 Å². The Morgan fingerprint density at radius 1 is 1.35 bits per heavy atom. The van der Waals surface area contributed by atoms with Gasteiger partial charge in [0.15, 0.2) is 0 Å². The van der Waals surface area contributed by atoms with Crippen LogP contribution in [0.1, 0.15) is 25.7 Å². The fourth-order valence-electron chi connectivity index (χ4n) is 2.32. The van der Waals surface area contributed by atoms with Crippen LogP contribution in [-0.4, -0.2) is 20.7 Å². The van der Waals surface area contributed by atoms with E-state index in [1.807, 2.05) is 12.1 Å². The van der Waals surface area contributed by atoms with Crippen molar-refractivity contribution in [3.8, 4) is 0 Å². The fraction of sp³-hybridized carbons (Fsp3) is 0.400. The van der Waals surface area contributed by atoms with Gasteiger partial charge in [-0.2, -0.15) is 0 Å². The number of ketones is 1. The van der Waals surface area contributed by atoms with E-state index in [1.54, 1.807) is 0 Å². The number of hydrogen-bond acceptors (Lipinski definition) is 1. The average molecular weight is 293 g/mol. The van der Waals surface area contributed by atoms with Crippen LogP contribution in [0.3, 0.4) is 0 Å². The Kier molecular flexibility index (Phi) is 4.58. The van der Waals surface area contributed by atoms with Crippen LogP contribution in [0.25, 0.3) is 0 Å². The van der Waals surface area contributed by atoms with Gasteiger partial charge in [0.2, 0.25) is 0 Å². The standard InChI is InChI=1S/C15H18OSe/c1-2-3-7-12-10-11-14(16)15(12)17-13-8-5-4-6-9-13/h2,4-6,8-9,12,15H,1,3,7,10-11H2. The molecule has 1 aliphatic rings. The molecule has 1 fully saturated rings. The first-order valence-corrected chi connectivity index (χ1v) is 8.01. The molecule has 0 aromatic heterocycles. The van der Waals surface area contributed by atoms with Crippen molar-refractivity contribution in [2.45, 2.75) is 30.5 Å². The molecular formula is C15H18OSe. The number of carbonyl (C=O) groups excluding carboxylic acids is 1. The monoisotopic (exact) mass is 294 g/mol. The number of hydrogen-bond donors (Lipinski definition) is 0. The Balaban J connectivity index is 2.01. The van der Waals surface area contributed by atoms with E-state index in [0.717, 1.165) is 25.7 Å². The van der Waals surface area contributed by atoms with Gasteiger partial charge in [0, 0.05) is 0 Å². The van der Waals surface area contributed by atoms with Crippen molar-refractivity contribution in [3.63, 3.8) is 0 Å². The summed E-state index contributed by atoms with van der Waals surface area (Å²) in [7, 11) is 0.